The number of benzene rings is 1. The van der Waals surface area contributed by atoms with Gasteiger partial charge in [0.05, 0.1) is 24.7 Å². The van der Waals surface area contributed by atoms with E-state index < -0.39 is 30.2 Å². The van der Waals surface area contributed by atoms with Crippen molar-refractivity contribution in [2.75, 3.05) is 13.2 Å². The summed E-state index contributed by atoms with van der Waals surface area (Å²) in [5.41, 5.74) is 2.77. The van der Waals surface area contributed by atoms with Crippen LogP contribution in [0.1, 0.15) is 12.8 Å². The van der Waals surface area contributed by atoms with Crippen LogP contribution in [-0.2, 0) is 14.3 Å². The monoisotopic (exact) mass is 388 g/mol. The number of rotatable bonds is 10. The van der Waals surface area contributed by atoms with E-state index >= 15 is 0 Å². The Morgan fingerprint density at radius 2 is 2.04 bits per heavy atom. The Kier molecular flexibility index (Phi) is 8.65. The number of ether oxygens (including phenoxy) is 2. The van der Waals surface area contributed by atoms with Crippen molar-refractivity contribution in [2.45, 2.75) is 31.2 Å². The van der Waals surface area contributed by atoms with Gasteiger partial charge in [0.25, 0.3) is 0 Å². The van der Waals surface area contributed by atoms with Crippen molar-refractivity contribution in [1.82, 2.24) is 0 Å². The fraction of sp³-hybridized carbons (Fsp3) is 0.381. The quantitative estimate of drug-likeness (QED) is 0.316. The van der Waals surface area contributed by atoms with Gasteiger partial charge in [-0.25, -0.2) is 4.79 Å². The molecule has 0 saturated heterocycles. The Bertz CT molecular complexity index is 734. The molecule has 1 aromatic carbocycles. The lowest BCUT2D eigenvalue weighted by molar-refractivity contribution is -0.131. The van der Waals surface area contributed by atoms with E-state index in [1.807, 2.05) is 18.2 Å². The van der Waals surface area contributed by atoms with Gasteiger partial charge in [0.1, 0.15) is 24.2 Å². The maximum absolute atomic E-state index is 12.1. The molecule has 1 fully saturated rings. The number of ketones is 1. The van der Waals surface area contributed by atoms with E-state index in [0.29, 0.717) is 12.2 Å². The molecular weight excluding hydrogens is 364 g/mol. The third kappa shape index (κ3) is 7.13. The highest BCUT2D eigenvalue weighted by molar-refractivity contribution is 5.85. The zero-order valence-electron chi connectivity index (χ0n) is 15.3. The summed E-state index contributed by atoms with van der Waals surface area (Å²) in [7, 11) is 0. The molecule has 0 bridgehead atoms. The molecular formula is C21H24O7. The van der Waals surface area contributed by atoms with Gasteiger partial charge < -0.3 is 24.8 Å². The number of hydrogen-bond donors (Lipinski definition) is 3. The van der Waals surface area contributed by atoms with Crippen LogP contribution in [0.5, 0.6) is 5.75 Å². The molecule has 150 valence electrons. The fourth-order valence-electron chi connectivity index (χ4n) is 2.85. The van der Waals surface area contributed by atoms with Crippen LogP contribution < -0.4 is 4.74 Å². The largest absolute Gasteiger partial charge is 0.491 e. The summed E-state index contributed by atoms with van der Waals surface area (Å²) in [6.07, 6.45) is 3.06. The van der Waals surface area contributed by atoms with E-state index in [4.69, 9.17) is 14.6 Å². The van der Waals surface area contributed by atoms with Crippen LogP contribution in [0.2, 0.25) is 0 Å². The maximum Gasteiger partial charge on any atom is 0.328 e. The van der Waals surface area contributed by atoms with Crippen LogP contribution in [0.4, 0.5) is 0 Å². The first-order valence-corrected chi connectivity index (χ1v) is 8.96. The maximum atomic E-state index is 12.1. The molecule has 0 spiro atoms. The number of hydrogen-bond acceptors (Lipinski definition) is 6. The molecule has 0 radical (unpaired) electrons. The number of allylic oxidation sites excluding steroid dienone is 2. The minimum Gasteiger partial charge on any atom is -0.491 e. The van der Waals surface area contributed by atoms with E-state index in [9.17, 15) is 19.8 Å². The number of carbonyl (C=O) groups is 2. The molecule has 4 unspecified atom stereocenters. The molecule has 7 heteroatoms. The molecule has 1 saturated carbocycles. The molecule has 7 nitrogen and oxygen atoms in total. The molecule has 0 aliphatic heterocycles. The van der Waals surface area contributed by atoms with Crippen LogP contribution in [0.3, 0.4) is 0 Å². The zero-order chi connectivity index (χ0) is 20.4. The Balaban J connectivity index is 1.83. The van der Waals surface area contributed by atoms with E-state index in [-0.39, 0.29) is 25.4 Å². The number of Topliss-reactive ketones (excluding diaryl/α,β-unsaturated/α-hetero) is 1. The Labute approximate surface area is 163 Å². The molecule has 0 amide bonds. The molecule has 1 aliphatic rings. The van der Waals surface area contributed by atoms with Gasteiger partial charge in [-0.2, -0.15) is 0 Å². The van der Waals surface area contributed by atoms with Gasteiger partial charge in [-0.05, 0) is 36.8 Å². The molecule has 1 aromatic rings. The lowest BCUT2D eigenvalue weighted by Crippen LogP contribution is -2.34. The van der Waals surface area contributed by atoms with E-state index in [0.717, 1.165) is 6.08 Å². The van der Waals surface area contributed by atoms with Gasteiger partial charge in [0.2, 0.25) is 0 Å². The van der Waals surface area contributed by atoms with Crippen LogP contribution in [-0.4, -0.2) is 58.6 Å². The summed E-state index contributed by atoms with van der Waals surface area (Å²) in [5.74, 6) is -1.09. The van der Waals surface area contributed by atoms with Gasteiger partial charge in [-0.3, -0.25) is 4.79 Å². The number of carboxylic acids is 1. The lowest BCUT2D eigenvalue weighted by atomic mass is 10.00. The average Bonchev–Trinajstić information content (AvgIpc) is 2.94. The summed E-state index contributed by atoms with van der Waals surface area (Å²) >= 11 is 0. The SMILES string of the molecule is O=C(O)C=CC=C=CCC1C(=O)CC(O)C1OCC(O)COc1ccccc1. The first-order chi connectivity index (χ1) is 13.5. The minimum atomic E-state index is -1.06. The van der Waals surface area contributed by atoms with Crippen LogP contribution in [0.15, 0.2) is 60.4 Å². The number of carbonyl (C=O) groups excluding carboxylic acids is 1. The summed E-state index contributed by atoms with van der Waals surface area (Å²) in [5, 5.41) is 28.6. The highest BCUT2D eigenvalue weighted by atomic mass is 16.5. The molecule has 28 heavy (non-hydrogen) atoms. The summed E-state index contributed by atoms with van der Waals surface area (Å²) in [4.78, 5) is 22.4. The van der Waals surface area contributed by atoms with Crippen molar-refractivity contribution in [1.29, 1.82) is 0 Å². The molecule has 0 aromatic heterocycles. The third-order valence-corrected chi connectivity index (χ3v) is 4.19. The Hall–Kier alpha value is -2.70. The predicted molar refractivity (Wildman–Crippen MR) is 101 cm³/mol. The second kappa shape index (κ2) is 11.2. The predicted octanol–water partition coefficient (Wildman–Crippen LogP) is 1.50. The van der Waals surface area contributed by atoms with E-state index in [2.05, 4.69) is 5.73 Å². The van der Waals surface area contributed by atoms with E-state index in [1.54, 1.807) is 18.2 Å². The first-order valence-electron chi connectivity index (χ1n) is 8.96. The topological polar surface area (TPSA) is 113 Å². The number of aliphatic carboxylic acids is 1. The van der Waals surface area contributed by atoms with Crippen molar-refractivity contribution >= 4 is 11.8 Å². The van der Waals surface area contributed by atoms with Crippen LogP contribution in [0.25, 0.3) is 0 Å². The molecule has 0 heterocycles. The third-order valence-electron chi connectivity index (χ3n) is 4.19. The number of carboxylic acid groups (broad SMARTS) is 1. The Morgan fingerprint density at radius 3 is 2.75 bits per heavy atom. The van der Waals surface area contributed by atoms with Gasteiger partial charge in [0.15, 0.2) is 0 Å². The zero-order valence-corrected chi connectivity index (χ0v) is 15.3. The lowest BCUT2D eigenvalue weighted by Gasteiger charge is -2.22. The Morgan fingerprint density at radius 1 is 1.29 bits per heavy atom. The van der Waals surface area contributed by atoms with E-state index in [1.165, 1.54) is 12.2 Å². The van der Waals surface area contributed by atoms with Crippen molar-refractivity contribution in [3.63, 3.8) is 0 Å². The first kappa shape index (κ1) is 21.6. The minimum absolute atomic E-state index is 0.00240. The summed E-state index contributed by atoms with van der Waals surface area (Å²) < 4.78 is 11.1. The highest BCUT2D eigenvalue weighted by Crippen LogP contribution is 2.29. The van der Waals surface area contributed by atoms with Gasteiger partial charge in [-0.1, -0.05) is 18.2 Å². The highest BCUT2D eigenvalue weighted by Gasteiger charge is 2.41. The fourth-order valence-corrected chi connectivity index (χ4v) is 2.85. The van der Waals surface area contributed by atoms with Crippen molar-refractivity contribution in [2.24, 2.45) is 5.92 Å². The molecule has 3 N–H and O–H groups in total. The van der Waals surface area contributed by atoms with Crippen molar-refractivity contribution < 1.29 is 34.4 Å². The number of para-hydroxylation sites is 1. The van der Waals surface area contributed by atoms with Crippen molar-refractivity contribution in [3.8, 4) is 5.75 Å². The summed E-state index contributed by atoms with van der Waals surface area (Å²) in [6, 6.07) is 9.05. The second-order valence-electron chi connectivity index (χ2n) is 6.39. The molecule has 1 aliphatic carbocycles. The smallest absolute Gasteiger partial charge is 0.328 e. The summed E-state index contributed by atoms with van der Waals surface area (Å²) in [6.45, 7) is -0.0385. The normalized spacial score (nSPS) is 22.6. The van der Waals surface area contributed by atoms with Gasteiger partial charge in [0, 0.05) is 12.5 Å². The molecule has 2 rings (SSSR count). The second-order valence-corrected chi connectivity index (χ2v) is 6.39. The van der Waals surface area contributed by atoms with Gasteiger partial charge in [-0.15, -0.1) is 5.73 Å². The number of aliphatic hydroxyl groups excluding tert-OH is 2. The standard InChI is InChI=1S/C21H24O7/c22-15(13-27-16-8-4-3-5-9-16)14-28-21-17(18(23)12-19(21)24)10-6-1-2-7-11-20(25)26/h2-9,11,15,17,19,21-22,24H,10,12-14H2,(H,25,26). The van der Waals surface area contributed by atoms with Crippen molar-refractivity contribution in [3.05, 3.63) is 60.4 Å². The number of aliphatic hydroxyl groups is 2. The van der Waals surface area contributed by atoms with Crippen LogP contribution in [0, 0.1) is 5.92 Å². The van der Waals surface area contributed by atoms with Crippen LogP contribution >= 0.6 is 0 Å². The van der Waals surface area contributed by atoms with Gasteiger partial charge >= 0.3 is 5.97 Å². The average molecular weight is 388 g/mol. The molecule has 4 atom stereocenters.